The van der Waals surface area contributed by atoms with Crippen LogP contribution < -0.4 is 16.4 Å². The fraction of sp³-hybridized carbons (Fsp3) is 0.136. The summed E-state index contributed by atoms with van der Waals surface area (Å²) < 4.78 is 0.720. The van der Waals surface area contributed by atoms with E-state index < -0.39 is 0 Å². The number of halogens is 1. The van der Waals surface area contributed by atoms with E-state index in [9.17, 15) is 9.59 Å². The Balaban J connectivity index is 1.62. The lowest BCUT2D eigenvalue weighted by Crippen LogP contribution is -2.25. The quantitative estimate of drug-likeness (QED) is 0.511. The molecule has 0 fully saturated rings. The molecule has 0 aliphatic heterocycles. The molecule has 148 valence electrons. The molecule has 0 aliphatic carbocycles. The van der Waals surface area contributed by atoms with Gasteiger partial charge in [-0.3, -0.25) is 14.6 Å². The Hall–Kier alpha value is -3.03. The van der Waals surface area contributed by atoms with Crippen molar-refractivity contribution in [1.82, 2.24) is 10.3 Å². The molecule has 29 heavy (non-hydrogen) atoms. The first-order chi connectivity index (χ1) is 14.0. The van der Waals surface area contributed by atoms with Gasteiger partial charge in [0.15, 0.2) is 0 Å². The third-order valence-electron chi connectivity index (χ3n) is 4.33. The number of nitrogens with two attached hydrogens (primary N) is 1. The van der Waals surface area contributed by atoms with Crippen LogP contribution in [0.5, 0.6) is 0 Å². The second-order valence-corrected chi connectivity index (χ2v) is 7.39. The van der Waals surface area contributed by atoms with Gasteiger partial charge in [0.05, 0.1) is 12.0 Å². The van der Waals surface area contributed by atoms with E-state index in [4.69, 9.17) is 5.73 Å². The zero-order valence-electron chi connectivity index (χ0n) is 15.7. The number of pyridine rings is 1. The number of aromatic nitrogens is 1. The van der Waals surface area contributed by atoms with Crippen molar-refractivity contribution < 1.29 is 9.59 Å². The number of anilines is 1. The SMILES string of the molecule is NCc1ccc(CNC(=O)Cc2ccccc2NC(=O)c2cncc(Br)c2)cc1. The maximum absolute atomic E-state index is 12.5. The molecule has 4 N–H and O–H groups in total. The number of nitrogens with one attached hydrogen (secondary N) is 2. The van der Waals surface area contributed by atoms with Gasteiger partial charge in [-0.1, -0.05) is 42.5 Å². The lowest BCUT2D eigenvalue weighted by molar-refractivity contribution is -0.120. The van der Waals surface area contributed by atoms with Gasteiger partial charge in [-0.2, -0.15) is 0 Å². The molecule has 1 aromatic heterocycles. The van der Waals surface area contributed by atoms with Crippen LogP contribution in [0.15, 0.2) is 71.5 Å². The van der Waals surface area contributed by atoms with Crippen LogP contribution in [0.2, 0.25) is 0 Å². The minimum atomic E-state index is -0.286. The average molecular weight is 453 g/mol. The third-order valence-corrected chi connectivity index (χ3v) is 4.77. The number of nitrogens with zero attached hydrogens (tertiary/aromatic N) is 1. The first-order valence-electron chi connectivity index (χ1n) is 9.09. The Morgan fingerprint density at radius 1 is 1.00 bits per heavy atom. The molecule has 0 spiro atoms. The largest absolute Gasteiger partial charge is 0.352 e. The second-order valence-electron chi connectivity index (χ2n) is 6.48. The standard InChI is InChI=1S/C22H21BrN4O2/c23-19-9-18(13-25-14-19)22(29)27-20-4-2-1-3-17(20)10-21(28)26-12-16-7-5-15(11-24)6-8-16/h1-9,13-14H,10-12,24H2,(H,26,28)(H,27,29). The molecule has 0 atom stereocenters. The first kappa shape index (κ1) is 20.7. The highest BCUT2D eigenvalue weighted by molar-refractivity contribution is 9.10. The molecule has 1 heterocycles. The van der Waals surface area contributed by atoms with E-state index in [0.717, 1.165) is 21.2 Å². The smallest absolute Gasteiger partial charge is 0.257 e. The normalized spacial score (nSPS) is 10.4. The summed E-state index contributed by atoms with van der Waals surface area (Å²) in [5.74, 6) is -0.412. The van der Waals surface area contributed by atoms with E-state index in [-0.39, 0.29) is 18.2 Å². The topological polar surface area (TPSA) is 97.1 Å². The number of amides is 2. The Bertz CT molecular complexity index is 1010. The van der Waals surface area contributed by atoms with Crippen molar-refractivity contribution in [3.05, 3.63) is 93.7 Å². The summed E-state index contributed by atoms with van der Waals surface area (Å²) in [4.78, 5) is 28.9. The van der Waals surface area contributed by atoms with Gasteiger partial charge < -0.3 is 16.4 Å². The van der Waals surface area contributed by atoms with Crippen molar-refractivity contribution in [2.45, 2.75) is 19.5 Å². The highest BCUT2D eigenvalue weighted by Gasteiger charge is 2.12. The minimum absolute atomic E-state index is 0.126. The fourth-order valence-corrected chi connectivity index (χ4v) is 3.12. The monoisotopic (exact) mass is 452 g/mol. The molecular formula is C22H21BrN4O2. The van der Waals surface area contributed by atoms with E-state index in [1.165, 1.54) is 6.20 Å². The maximum Gasteiger partial charge on any atom is 0.257 e. The van der Waals surface area contributed by atoms with Crippen LogP contribution in [-0.4, -0.2) is 16.8 Å². The Morgan fingerprint density at radius 2 is 1.72 bits per heavy atom. The molecular weight excluding hydrogens is 432 g/mol. The van der Waals surface area contributed by atoms with Crippen LogP contribution in [-0.2, 0) is 24.3 Å². The lowest BCUT2D eigenvalue weighted by atomic mass is 10.1. The highest BCUT2D eigenvalue weighted by atomic mass is 79.9. The van der Waals surface area contributed by atoms with Crippen LogP contribution in [0.1, 0.15) is 27.0 Å². The summed E-state index contributed by atoms with van der Waals surface area (Å²) in [6, 6.07) is 16.7. The van der Waals surface area contributed by atoms with Crippen LogP contribution in [0.4, 0.5) is 5.69 Å². The number of carbonyl (C=O) groups is 2. The van der Waals surface area contributed by atoms with Gasteiger partial charge in [0.25, 0.3) is 5.91 Å². The molecule has 2 aromatic carbocycles. The fourth-order valence-electron chi connectivity index (χ4n) is 2.76. The second kappa shape index (κ2) is 9.95. The molecule has 0 aliphatic rings. The predicted molar refractivity (Wildman–Crippen MR) is 116 cm³/mol. The van der Waals surface area contributed by atoms with E-state index in [2.05, 4.69) is 31.5 Å². The highest BCUT2D eigenvalue weighted by Crippen LogP contribution is 2.18. The number of rotatable bonds is 7. The third kappa shape index (κ3) is 5.97. The summed E-state index contributed by atoms with van der Waals surface area (Å²) in [5, 5.41) is 5.76. The van der Waals surface area contributed by atoms with E-state index >= 15 is 0 Å². The van der Waals surface area contributed by atoms with Crippen LogP contribution >= 0.6 is 15.9 Å². The van der Waals surface area contributed by atoms with Gasteiger partial charge in [-0.25, -0.2) is 0 Å². The summed E-state index contributed by atoms with van der Waals surface area (Å²) in [6.45, 7) is 0.924. The molecule has 6 nitrogen and oxygen atoms in total. The van der Waals surface area contributed by atoms with Crippen molar-refractivity contribution in [3.8, 4) is 0 Å². The van der Waals surface area contributed by atoms with E-state index in [1.54, 1.807) is 18.3 Å². The number of benzene rings is 2. The van der Waals surface area contributed by atoms with Gasteiger partial charge in [0, 0.05) is 35.6 Å². The zero-order chi connectivity index (χ0) is 20.6. The van der Waals surface area contributed by atoms with Crippen molar-refractivity contribution >= 4 is 33.4 Å². The average Bonchev–Trinajstić information content (AvgIpc) is 2.74. The number of carbonyl (C=O) groups excluding carboxylic acids is 2. The number of para-hydroxylation sites is 1. The molecule has 0 saturated heterocycles. The van der Waals surface area contributed by atoms with Crippen molar-refractivity contribution in [3.63, 3.8) is 0 Å². The first-order valence-corrected chi connectivity index (χ1v) is 9.89. The van der Waals surface area contributed by atoms with Gasteiger partial charge in [-0.05, 0) is 44.8 Å². The van der Waals surface area contributed by atoms with E-state index in [1.807, 2.05) is 42.5 Å². The molecule has 0 unspecified atom stereocenters. The summed E-state index contributed by atoms with van der Waals surface area (Å²) in [7, 11) is 0. The van der Waals surface area contributed by atoms with Gasteiger partial charge in [-0.15, -0.1) is 0 Å². The van der Waals surface area contributed by atoms with Gasteiger partial charge in [0.1, 0.15) is 0 Å². The molecule has 0 saturated carbocycles. The molecule has 7 heteroatoms. The van der Waals surface area contributed by atoms with Gasteiger partial charge >= 0.3 is 0 Å². The van der Waals surface area contributed by atoms with Crippen molar-refractivity contribution in [2.24, 2.45) is 5.73 Å². The number of hydrogen-bond acceptors (Lipinski definition) is 4. The molecule has 3 rings (SSSR count). The maximum atomic E-state index is 12.5. The van der Waals surface area contributed by atoms with Crippen molar-refractivity contribution in [1.29, 1.82) is 0 Å². The molecule has 0 radical (unpaired) electrons. The zero-order valence-corrected chi connectivity index (χ0v) is 17.3. The molecule has 2 amide bonds. The lowest BCUT2D eigenvalue weighted by Gasteiger charge is -2.12. The number of hydrogen-bond donors (Lipinski definition) is 3. The van der Waals surface area contributed by atoms with Crippen LogP contribution in [0.3, 0.4) is 0 Å². The Kier molecular flexibility index (Phi) is 7.10. The summed E-state index contributed by atoms with van der Waals surface area (Å²) in [5.41, 5.74) is 9.40. The summed E-state index contributed by atoms with van der Waals surface area (Å²) >= 11 is 3.31. The Morgan fingerprint density at radius 3 is 2.45 bits per heavy atom. The predicted octanol–water partition coefficient (Wildman–Crippen LogP) is 3.41. The molecule has 3 aromatic rings. The Labute approximate surface area is 177 Å². The molecule has 0 bridgehead atoms. The van der Waals surface area contributed by atoms with Crippen molar-refractivity contribution in [2.75, 3.05) is 5.32 Å². The van der Waals surface area contributed by atoms with Gasteiger partial charge in [0.2, 0.25) is 5.91 Å². The summed E-state index contributed by atoms with van der Waals surface area (Å²) in [6.07, 6.45) is 3.26. The van der Waals surface area contributed by atoms with E-state index in [0.29, 0.717) is 24.3 Å². The van der Waals surface area contributed by atoms with Crippen LogP contribution in [0.25, 0.3) is 0 Å². The van der Waals surface area contributed by atoms with Crippen LogP contribution in [0, 0.1) is 0 Å². The minimum Gasteiger partial charge on any atom is -0.352 e.